The second-order valence-electron chi connectivity index (χ2n) is 4.94. The van der Waals surface area contributed by atoms with E-state index in [-0.39, 0.29) is 6.04 Å². The lowest BCUT2D eigenvalue weighted by Crippen LogP contribution is -2.32. The van der Waals surface area contributed by atoms with Gasteiger partial charge in [-0.3, -0.25) is 0 Å². The highest BCUT2D eigenvalue weighted by Crippen LogP contribution is 2.15. The highest BCUT2D eigenvalue weighted by atomic mass is 79.9. The van der Waals surface area contributed by atoms with Gasteiger partial charge in [0, 0.05) is 11.0 Å². The van der Waals surface area contributed by atoms with Gasteiger partial charge in [0.05, 0.1) is 12.5 Å². The minimum Gasteiger partial charge on any atom is -0.339 e. The number of likely N-dealkylation sites (N-methyl/N-ethyl adjacent to an activating group) is 1. The molecule has 2 aromatic rings. The number of rotatable bonds is 7. The molecular formula is C15H21BrN4O. The first kappa shape index (κ1) is 16.1. The van der Waals surface area contributed by atoms with Crippen molar-refractivity contribution < 1.29 is 4.52 Å². The van der Waals surface area contributed by atoms with E-state index in [0.29, 0.717) is 18.1 Å². The molecule has 2 N–H and O–H groups in total. The van der Waals surface area contributed by atoms with Crippen LogP contribution in [0.4, 0.5) is 0 Å². The largest absolute Gasteiger partial charge is 0.339 e. The minimum atomic E-state index is -0.215. The molecule has 2 rings (SSSR count). The maximum atomic E-state index is 6.14. The van der Waals surface area contributed by atoms with E-state index < -0.39 is 0 Å². The molecule has 1 aromatic heterocycles. The summed E-state index contributed by atoms with van der Waals surface area (Å²) in [6, 6.07) is 7.85. The molecule has 114 valence electrons. The Balaban J connectivity index is 1.98. The minimum absolute atomic E-state index is 0.215. The SMILES string of the molecule is CCN(CC)CC(N)c1noc(Cc2ccc(Br)cc2)n1. The summed E-state index contributed by atoms with van der Waals surface area (Å²) in [5.74, 6) is 1.18. The molecule has 1 unspecified atom stereocenters. The molecule has 1 aromatic carbocycles. The summed E-state index contributed by atoms with van der Waals surface area (Å²) in [6.07, 6.45) is 0.623. The summed E-state index contributed by atoms with van der Waals surface area (Å²) in [5.41, 5.74) is 7.27. The molecule has 0 aliphatic rings. The molecule has 1 atom stereocenters. The van der Waals surface area contributed by atoms with E-state index >= 15 is 0 Å². The van der Waals surface area contributed by atoms with Gasteiger partial charge >= 0.3 is 0 Å². The topological polar surface area (TPSA) is 68.2 Å². The van der Waals surface area contributed by atoms with E-state index in [9.17, 15) is 0 Å². The maximum Gasteiger partial charge on any atom is 0.231 e. The van der Waals surface area contributed by atoms with Crippen LogP contribution in [0.25, 0.3) is 0 Å². The van der Waals surface area contributed by atoms with E-state index in [4.69, 9.17) is 10.3 Å². The zero-order valence-electron chi connectivity index (χ0n) is 12.4. The van der Waals surface area contributed by atoms with Gasteiger partial charge in [-0.15, -0.1) is 0 Å². The Bertz CT molecular complexity index is 551. The first-order valence-corrected chi connectivity index (χ1v) is 7.96. The van der Waals surface area contributed by atoms with Crippen LogP contribution in [0.1, 0.15) is 37.2 Å². The van der Waals surface area contributed by atoms with Crippen molar-refractivity contribution >= 4 is 15.9 Å². The van der Waals surface area contributed by atoms with Crippen molar-refractivity contribution in [2.24, 2.45) is 5.73 Å². The van der Waals surface area contributed by atoms with Crippen LogP contribution in [0.2, 0.25) is 0 Å². The van der Waals surface area contributed by atoms with Gasteiger partial charge in [0.1, 0.15) is 0 Å². The molecule has 0 saturated carbocycles. The van der Waals surface area contributed by atoms with Gasteiger partial charge in [-0.25, -0.2) is 0 Å². The average Bonchev–Trinajstić information content (AvgIpc) is 2.95. The fourth-order valence-corrected chi connectivity index (χ4v) is 2.37. The van der Waals surface area contributed by atoms with Crippen LogP contribution in [0.15, 0.2) is 33.3 Å². The molecule has 0 amide bonds. The summed E-state index contributed by atoms with van der Waals surface area (Å²) in [7, 11) is 0. The van der Waals surface area contributed by atoms with Crippen molar-refractivity contribution in [2.75, 3.05) is 19.6 Å². The van der Waals surface area contributed by atoms with Gasteiger partial charge in [0.15, 0.2) is 5.82 Å². The second-order valence-corrected chi connectivity index (χ2v) is 5.86. The summed E-state index contributed by atoms with van der Waals surface area (Å²) >= 11 is 3.42. The normalized spacial score (nSPS) is 12.8. The molecular weight excluding hydrogens is 332 g/mol. The third kappa shape index (κ3) is 4.62. The Labute approximate surface area is 133 Å². The molecule has 0 aliphatic carbocycles. The summed E-state index contributed by atoms with van der Waals surface area (Å²) < 4.78 is 6.35. The lowest BCUT2D eigenvalue weighted by atomic mass is 10.1. The van der Waals surface area contributed by atoms with Crippen molar-refractivity contribution in [3.8, 4) is 0 Å². The van der Waals surface area contributed by atoms with Crippen molar-refractivity contribution in [2.45, 2.75) is 26.3 Å². The number of benzene rings is 1. The number of hydrogen-bond donors (Lipinski definition) is 1. The number of hydrogen-bond acceptors (Lipinski definition) is 5. The number of halogens is 1. The zero-order chi connectivity index (χ0) is 15.2. The van der Waals surface area contributed by atoms with Crippen LogP contribution in [0.3, 0.4) is 0 Å². The molecule has 0 bridgehead atoms. The highest BCUT2D eigenvalue weighted by molar-refractivity contribution is 9.10. The van der Waals surface area contributed by atoms with E-state index in [1.165, 1.54) is 0 Å². The lowest BCUT2D eigenvalue weighted by molar-refractivity contribution is 0.277. The van der Waals surface area contributed by atoms with Crippen LogP contribution >= 0.6 is 15.9 Å². The van der Waals surface area contributed by atoms with Gasteiger partial charge in [-0.05, 0) is 30.8 Å². The predicted molar refractivity (Wildman–Crippen MR) is 86.0 cm³/mol. The monoisotopic (exact) mass is 352 g/mol. The maximum absolute atomic E-state index is 6.14. The highest BCUT2D eigenvalue weighted by Gasteiger charge is 2.16. The van der Waals surface area contributed by atoms with Crippen LogP contribution in [-0.4, -0.2) is 34.7 Å². The van der Waals surface area contributed by atoms with E-state index in [0.717, 1.165) is 29.7 Å². The van der Waals surface area contributed by atoms with Crippen molar-refractivity contribution in [3.05, 3.63) is 46.0 Å². The third-order valence-electron chi connectivity index (χ3n) is 3.43. The van der Waals surface area contributed by atoms with Crippen molar-refractivity contribution in [1.29, 1.82) is 0 Å². The van der Waals surface area contributed by atoms with Gasteiger partial charge in [-0.2, -0.15) is 4.98 Å². The van der Waals surface area contributed by atoms with Gasteiger partial charge in [0.2, 0.25) is 5.89 Å². The number of nitrogens with two attached hydrogens (primary N) is 1. The Morgan fingerprint density at radius 2 is 1.90 bits per heavy atom. The quantitative estimate of drug-likeness (QED) is 0.829. The van der Waals surface area contributed by atoms with Crippen molar-refractivity contribution in [1.82, 2.24) is 15.0 Å². The summed E-state index contributed by atoms with van der Waals surface area (Å²) in [5, 5.41) is 4.00. The predicted octanol–water partition coefficient (Wildman–Crippen LogP) is 2.76. The Morgan fingerprint density at radius 1 is 1.24 bits per heavy atom. The summed E-state index contributed by atoms with van der Waals surface area (Å²) in [4.78, 5) is 6.65. The van der Waals surface area contributed by atoms with Gasteiger partial charge in [-0.1, -0.05) is 47.1 Å². The third-order valence-corrected chi connectivity index (χ3v) is 3.96. The van der Waals surface area contributed by atoms with Crippen LogP contribution < -0.4 is 5.73 Å². The van der Waals surface area contributed by atoms with E-state index in [1.54, 1.807) is 0 Å². The standard InChI is InChI=1S/C15H21BrN4O/c1-3-20(4-2)10-13(17)15-18-14(21-19-15)9-11-5-7-12(16)8-6-11/h5-8,13H,3-4,9-10,17H2,1-2H3. The van der Waals surface area contributed by atoms with Crippen LogP contribution in [0, 0.1) is 0 Å². The molecule has 0 radical (unpaired) electrons. The Kier molecular flexibility index (Phi) is 5.90. The van der Waals surface area contributed by atoms with Crippen LogP contribution in [0.5, 0.6) is 0 Å². The molecule has 0 aliphatic heterocycles. The summed E-state index contributed by atoms with van der Waals surface area (Å²) in [6.45, 7) is 6.91. The van der Waals surface area contributed by atoms with Crippen molar-refractivity contribution in [3.63, 3.8) is 0 Å². The average molecular weight is 353 g/mol. The molecule has 1 heterocycles. The fraction of sp³-hybridized carbons (Fsp3) is 0.467. The molecule has 0 spiro atoms. The fourth-order valence-electron chi connectivity index (χ4n) is 2.11. The first-order valence-electron chi connectivity index (χ1n) is 7.17. The lowest BCUT2D eigenvalue weighted by Gasteiger charge is -2.20. The number of aromatic nitrogens is 2. The van der Waals surface area contributed by atoms with Gasteiger partial charge < -0.3 is 15.2 Å². The smallest absolute Gasteiger partial charge is 0.231 e. The van der Waals surface area contributed by atoms with Crippen LogP contribution in [-0.2, 0) is 6.42 Å². The molecule has 21 heavy (non-hydrogen) atoms. The molecule has 0 saturated heterocycles. The zero-order valence-corrected chi connectivity index (χ0v) is 14.0. The van der Waals surface area contributed by atoms with Gasteiger partial charge in [0.25, 0.3) is 0 Å². The molecule has 5 nitrogen and oxygen atoms in total. The van der Waals surface area contributed by atoms with E-state index in [1.807, 2.05) is 24.3 Å². The van der Waals surface area contributed by atoms with E-state index in [2.05, 4.69) is 44.8 Å². The molecule has 6 heteroatoms. The first-order chi connectivity index (χ1) is 10.1. The Hall–Kier alpha value is -1.24. The number of nitrogens with zero attached hydrogens (tertiary/aromatic N) is 3. The second kappa shape index (κ2) is 7.68. The Morgan fingerprint density at radius 3 is 2.52 bits per heavy atom. The molecule has 0 fully saturated rings.